The number of anilines is 1. The molecule has 2 aromatic rings. The largest absolute Gasteiger partial charge is 0.266 e. The molecule has 0 aliphatic heterocycles. The Labute approximate surface area is 121 Å². The fourth-order valence-electron chi connectivity index (χ4n) is 1.80. The molecule has 1 heterocycles. The first-order valence-corrected chi connectivity index (χ1v) is 7.85. The van der Waals surface area contributed by atoms with Gasteiger partial charge >= 0.3 is 0 Å². The van der Waals surface area contributed by atoms with Crippen LogP contribution in [0.15, 0.2) is 35.4 Å². The molecule has 0 saturated carbocycles. The number of benzene rings is 1. The van der Waals surface area contributed by atoms with Gasteiger partial charge in [-0.05, 0) is 25.5 Å². The predicted molar refractivity (Wildman–Crippen MR) is 74.4 cm³/mol. The van der Waals surface area contributed by atoms with E-state index in [9.17, 15) is 17.2 Å². The molecule has 114 valence electrons. The van der Waals surface area contributed by atoms with Crippen LogP contribution in [0.1, 0.15) is 26.3 Å². The minimum Gasteiger partial charge on any atom is -0.263 e. The second-order valence-electron chi connectivity index (χ2n) is 4.58. The second kappa shape index (κ2) is 5.80. The Morgan fingerprint density at radius 3 is 2.71 bits per heavy atom. The molecule has 1 aromatic heterocycles. The Morgan fingerprint density at radius 1 is 1.33 bits per heavy atom. The molecule has 21 heavy (non-hydrogen) atoms. The lowest BCUT2D eigenvalue weighted by atomic mass is 10.3. The monoisotopic (exact) mass is 315 g/mol. The normalized spacial score (nSPS) is 13.1. The molecule has 0 aliphatic carbocycles. The Balaban J connectivity index is 2.39. The summed E-state index contributed by atoms with van der Waals surface area (Å²) in [5.74, 6) is -2.42. The summed E-state index contributed by atoms with van der Waals surface area (Å²) in [5.41, 5.74) is 0. The number of nitrogens with zero attached hydrogens (tertiary/aromatic N) is 2. The zero-order valence-electron chi connectivity index (χ0n) is 11.5. The molecule has 0 aliphatic rings. The van der Waals surface area contributed by atoms with Crippen LogP contribution in [0.25, 0.3) is 0 Å². The minimum atomic E-state index is -4.23. The van der Waals surface area contributed by atoms with Gasteiger partial charge in [-0.1, -0.05) is 13.0 Å². The number of nitrogens with one attached hydrogen (secondary N) is 1. The molecule has 1 atom stereocenters. The summed E-state index contributed by atoms with van der Waals surface area (Å²) in [5, 5.41) is 4.03. The SMILES string of the molecule is CCC(C)n1nccc1NS(=O)(=O)c1cccc(F)c1F. The Bertz CT molecular complexity index is 744. The van der Waals surface area contributed by atoms with Crippen molar-refractivity contribution in [2.45, 2.75) is 31.2 Å². The van der Waals surface area contributed by atoms with Gasteiger partial charge < -0.3 is 0 Å². The van der Waals surface area contributed by atoms with Gasteiger partial charge in [0.1, 0.15) is 10.7 Å². The van der Waals surface area contributed by atoms with Gasteiger partial charge in [-0.2, -0.15) is 5.10 Å². The highest BCUT2D eigenvalue weighted by Gasteiger charge is 2.23. The molecule has 0 radical (unpaired) electrons. The van der Waals surface area contributed by atoms with E-state index in [0.717, 1.165) is 24.6 Å². The Morgan fingerprint density at radius 2 is 2.05 bits per heavy atom. The first-order valence-electron chi connectivity index (χ1n) is 6.37. The van der Waals surface area contributed by atoms with Crippen molar-refractivity contribution in [2.75, 3.05) is 4.72 Å². The summed E-state index contributed by atoms with van der Waals surface area (Å²) < 4.78 is 54.9. The quantitative estimate of drug-likeness (QED) is 0.922. The van der Waals surface area contributed by atoms with E-state index in [-0.39, 0.29) is 11.9 Å². The van der Waals surface area contributed by atoms with Crippen LogP contribution in [-0.2, 0) is 10.0 Å². The van der Waals surface area contributed by atoms with E-state index in [1.807, 2.05) is 13.8 Å². The molecule has 2 rings (SSSR count). The van der Waals surface area contributed by atoms with Crippen molar-refractivity contribution in [1.29, 1.82) is 0 Å². The Hall–Kier alpha value is -1.96. The summed E-state index contributed by atoms with van der Waals surface area (Å²) in [4.78, 5) is -0.737. The number of hydrogen-bond acceptors (Lipinski definition) is 3. The molecule has 1 unspecified atom stereocenters. The molecular weight excluding hydrogens is 300 g/mol. The lowest BCUT2D eigenvalue weighted by Gasteiger charge is -2.15. The smallest absolute Gasteiger partial charge is 0.263 e. The average molecular weight is 315 g/mol. The number of sulfonamides is 1. The maximum atomic E-state index is 13.6. The van der Waals surface area contributed by atoms with Crippen molar-refractivity contribution in [1.82, 2.24) is 9.78 Å². The van der Waals surface area contributed by atoms with Crippen LogP contribution in [0, 0.1) is 11.6 Å². The number of halogens is 2. The van der Waals surface area contributed by atoms with E-state index in [2.05, 4.69) is 9.82 Å². The predicted octanol–water partition coefficient (Wildman–Crippen LogP) is 2.93. The van der Waals surface area contributed by atoms with Gasteiger partial charge in [0.25, 0.3) is 10.0 Å². The topological polar surface area (TPSA) is 64.0 Å². The first kappa shape index (κ1) is 15.4. The third-order valence-electron chi connectivity index (χ3n) is 3.12. The molecule has 1 aromatic carbocycles. The summed E-state index contributed by atoms with van der Waals surface area (Å²) >= 11 is 0. The van der Waals surface area contributed by atoms with E-state index in [4.69, 9.17) is 0 Å². The van der Waals surface area contributed by atoms with E-state index in [0.29, 0.717) is 0 Å². The van der Waals surface area contributed by atoms with Crippen LogP contribution in [0.5, 0.6) is 0 Å². The minimum absolute atomic E-state index is 0.0324. The highest BCUT2D eigenvalue weighted by molar-refractivity contribution is 7.92. The van der Waals surface area contributed by atoms with E-state index >= 15 is 0 Å². The lowest BCUT2D eigenvalue weighted by Crippen LogP contribution is -2.19. The van der Waals surface area contributed by atoms with Crippen LogP contribution in [-0.4, -0.2) is 18.2 Å². The summed E-state index contributed by atoms with van der Waals surface area (Å²) in [6.45, 7) is 3.80. The van der Waals surface area contributed by atoms with Gasteiger partial charge in [0, 0.05) is 6.07 Å². The van der Waals surface area contributed by atoms with Crippen molar-refractivity contribution in [2.24, 2.45) is 0 Å². The van der Waals surface area contributed by atoms with Crippen LogP contribution >= 0.6 is 0 Å². The van der Waals surface area contributed by atoms with Crippen LogP contribution in [0.3, 0.4) is 0 Å². The van der Waals surface area contributed by atoms with Crippen LogP contribution in [0.4, 0.5) is 14.6 Å². The molecule has 5 nitrogen and oxygen atoms in total. The molecule has 8 heteroatoms. The number of rotatable bonds is 5. The highest BCUT2D eigenvalue weighted by atomic mass is 32.2. The maximum Gasteiger partial charge on any atom is 0.266 e. The first-order chi connectivity index (χ1) is 9.86. The zero-order valence-corrected chi connectivity index (χ0v) is 12.4. The molecule has 0 amide bonds. The zero-order chi connectivity index (χ0) is 15.6. The standard InChI is InChI=1S/C13H15F2N3O2S/c1-3-9(2)18-12(7-8-16-18)17-21(19,20)11-6-4-5-10(14)13(11)15/h4-9,17H,3H2,1-2H3. The molecule has 0 fully saturated rings. The molecule has 1 N–H and O–H groups in total. The average Bonchev–Trinajstić information content (AvgIpc) is 2.88. The van der Waals surface area contributed by atoms with Gasteiger partial charge in [-0.3, -0.25) is 4.72 Å². The van der Waals surface area contributed by atoms with Crippen molar-refractivity contribution in [3.05, 3.63) is 42.1 Å². The number of hydrogen-bond donors (Lipinski definition) is 1. The van der Waals surface area contributed by atoms with Crippen molar-refractivity contribution < 1.29 is 17.2 Å². The van der Waals surface area contributed by atoms with Gasteiger partial charge in [0.15, 0.2) is 11.6 Å². The van der Waals surface area contributed by atoms with Crippen molar-refractivity contribution >= 4 is 15.8 Å². The molecular formula is C13H15F2N3O2S. The van der Waals surface area contributed by atoms with E-state index < -0.39 is 26.6 Å². The maximum absolute atomic E-state index is 13.6. The fraction of sp³-hybridized carbons (Fsp3) is 0.308. The van der Waals surface area contributed by atoms with E-state index in [1.54, 1.807) is 0 Å². The third-order valence-corrected chi connectivity index (χ3v) is 4.50. The molecule has 0 saturated heterocycles. The van der Waals surface area contributed by atoms with Gasteiger partial charge in [0.2, 0.25) is 0 Å². The second-order valence-corrected chi connectivity index (χ2v) is 6.23. The summed E-state index contributed by atoms with van der Waals surface area (Å²) in [7, 11) is -4.23. The van der Waals surface area contributed by atoms with Crippen LogP contribution < -0.4 is 4.72 Å². The van der Waals surface area contributed by atoms with E-state index in [1.165, 1.54) is 16.9 Å². The fourth-order valence-corrected chi connectivity index (χ4v) is 2.94. The van der Waals surface area contributed by atoms with Crippen LogP contribution in [0.2, 0.25) is 0 Å². The third kappa shape index (κ3) is 3.05. The van der Waals surface area contributed by atoms with Gasteiger partial charge in [-0.15, -0.1) is 0 Å². The van der Waals surface area contributed by atoms with Crippen molar-refractivity contribution in [3.63, 3.8) is 0 Å². The van der Waals surface area contributed by atoms with Gasteiger partial charge in [-0.25, -0.2) is 21.9 Å². The lowest BCUT2D eigenvalue weighted by molar-refractivity contribution is 0.481. The highest BCUT2D eigenvalue weighted by Crippen LogP contribution is 2.22. The summed E-state index contributed by atoms with van der Waals surface area (Å²) in [6, 6.07) is 4.43. The summed E-state index contributed by atoms with van der Waals surface area (Å²) in [6.07, 6.45) is 2.18. The molecule has 0 bridgehead atoms. The van der Waals surface area contributed by atoms with Gasteiger partial charge in [0.05, 0.1) is 12.2 Å². The molecule has 0 spiro atoms. The number of aromatic nitrogens is 2. The Kier molecular flexibility index (Phi) is 4.26. The van der Waals surface area contributed by atoms with Crippen molar-refractivity contribution in [3.8, 4) is 0 Å².